The SMILES string of the molecule is [OH2+]C1CC=CCC1. The molecule has 40 valence electrons. The van der Waals surface area contributed by atoms with Gasteiger partial charge in [0.2, 0.25) is 0 Å². The molecule has 0 aromatic heterocycles. The molecule has 1 heteroatoms. The second kappa shape index (κ2) is 2.12. The highest BCUT2D eigenvalue weighted by molar-refractivity contribution is 4.89. The lowest BCUT2D eigenvalue weighted by Gasteiger charge is -2.04. The molecule has 0 amide bonds. The van der Waals surface area contributed by atoms with Crippen LogP contribution in [0.3, 0.4) is 0 Å². The highest BCUT2D eigenvalue weighted by Crippen LogP contribution is 2.08. The van der Waals surface area contributed by atoms with E-state index >= 15 is 0 Å². The van der Waals surface area contributed by atoms with Gasteiger partial charge in [0, 0.05) is 12.8 Å². The second-order valence-corrected chi connectivity index (χ2v) is 1.98. The predicted octanol–water partition coefficient (Wildman–Crippen LogP) is 0.820. The van der Waals surface area contributed by atoms with Gasteiger partial charge in [0.05, 0.1) is 0 Å². The summed E-state index contributed by atoms with van der Waals surface area (Å²) in [5.74, 6) is 0. The fourth-order valence-corrected chi connectivity index (χ4v) is 0.794. The first-order valence-electron chi connectivity index (χ1n) is 2.76. The Balaban J connectivity index is 2.32. The van der Waals surface area contributed by atoms with Crippen LogP contribution in [0.1, 0.15) is 19.3 Å². The highest BCUT2D eigenvalue weighted by atomic mass is 16.3. The van der Waals surface area contributed by atoms with E-state index in [1.165, 1.54) is 0 Å². The summed E-state index contributed by atoms with van der Waals surface area (Å²) in [4.78, 5) is 0. The highest BCUT2D eigenvalue weighted by Gasteiger charge is 2.06. The Bertz CT molecular complexity index is 76.2. The molecule has 1 rings (SSSR count). The van der Waals surface area contributed by atoms with Crippen LogP contribution in [-0.2, 0) is 0 Å². The van der Waals surface area contributed by atoms with Gasteiger partial charge in [-0.05, 0) is 6.42 Å². The molecule has 1 nitrogen and oxygen atoms in total. The summed E-state index contributed by atoms with van der Waals surface area (Å²) in [6.07, 6.45) is 7.61. The van der Waals surface area contributed by atoms with Crippen LogP contribution in [0.15, 0.2) is 12.2 Å². The predicted molar refractivity (Wildman–Crippen MR) is 30.4 cm³/mol. The Kier molecular flexibility index (Phi) is 1.47. The van der Waals surface area contributed by atoms with Crippen molar-refractivity contribution in [2.24, 2.45) is 0 Å². The summed E-state index contributed by atoms with van der Waals surface area (Å²) in [5, 5.41) is 7.22. The van der Waals surface area contributed by atoms with Crippen LogP contribution < -0.4 is 0 Å². The number of allylic oxidation sites excluding steroid dienone is 1. The first-order valence-corrected chi connectivity index (χ1v) is 2.76. The molecule has 0 fully saturated rings. The molecule has 0 aromatic carbocycles. The molecule has 1 aliphatic carbocycles. The van der Waals surface area contributed by atoms with Crippen LogP contribution in [-0.4, -0.2) is 11.2 Å². The summed E-state index contributed by atoms with van der Waals surface area (Å²) in [6.45, 7) is 0. The molecular formula is C6H11O+. The van der Waals surface area contributed by atoms with Crippen molar-refractivity contribution in [1.29, 1.82) is 0 Å². The molecule has 1 unspecified atom stereocenters. The van der Waals surface area contributed by atoms with Crippen LogP contribution in [0.5, 0.6) is 0 Å². The molecule has 0 bridgehead atoms. The van der Waals surface area contributed by atoms with Gasteiger partial charge in [-0.3, -0.25) is 0 Å². The minimum atomic E-state index is 0.199. The van der Waals surface area contributed by atoms with E-state index in [1.807, 2.05) is 0 Å². The standard InChI is InChI=1S/C6H10O/c7-6-4-2-1-3-5-6/h1-2,6-7H,3-5H2/p+1. The third kappa shape index (κ3) is 1.32. The Labute approximate surface area is 43.7 Å². The van der Waals surface area contributed by atoms with Gasteiger partial charge in [-0.25, -0.2) is 0 Å². The minimum absolute atomic E-state index is 0.199. The summed E-state index contributed by atoms with van der Waals surface area (Å²) in [5.41, 5.74) is 0. The van der Waals surface area contributed by atoms with Crippen LogP contribution in [0.4, 0.5) is 0 Å². The molecule has 7 heavy (non-hydrogen) atoms. The van der Waals surface area contributed by atoms with Gasteiger partial charge < -0.3 is 5.11 Å². The lowest BCUT2D eigenvalue weighted by molar-refractivity contribution is 0.164. The van der Waals surface area contributed by atoms with E-state index in [-0.39, 0.29) is 6.10 Å². The summed E-state index contributed by atoms with van der Waals surface area (Å²) in [7, 11) is 0. The quantitative estimate of drug-likeness (QED) is 0.317. The molecule has 2 N–H and O–H groups in total. The molecule has 0 spiro atoms. The van der Waals surface area contributed by atoms with E-state index in [9.17, 15) is 0 Å². The van der Waals surface area contributed by atoms with Gasteiger partial charge >= 0.3 is 0 Å². The smallest absolute Gasteiger partial charge is 0.157 e. The van der Waals surface area contributed by atoms with Gasteiger partial charge in [-0.2, -0.15) is 0 Å². The lowest BCUT2D eigenvalue weighted by atomic mass is 10.1. The van der Waals surface area contributed by atoms with Crippen LogP contribution in [0.2, 0.25) is 0 Å². The van der Waals surface area contributed by atoms with Crippen molar-refractivity contribution in [3.8, 4) is 0 Å². The zero-order valence-electron chi connectivity index (χ0n) is 4.35. The van der Waals surface area contributed by atoms with Crippen molar-refractivity contribution in [1.82, 2.24) is 0 Å². The topological polar surface area (TPSA) is 22.9 Å². The number of rotatable bonds is 0. The van der Waals surface area contributed by atoms with Crippen LogP contribution in [0.25, 0.3) is 0 Å². The van der Waals surface area contributed by atoms with E-state index in [0.717, 1.165) is 19.3 Å². The summed E-state index contributed by atoms with van der Waals surface area (Å²) < 4.78 is 0. The molecule has 0 saturated carbocycles. The first kappa shape index (κ1) is 4.85. The average Bonchev–Trinajstić information content (AvgIpc) is 1.69. The van der Waals surface area contributed by atoms with E-state index in [1.54, 1.807) is 0 Å². The maximum atomic E-state index is 7.22. The Morgan fingerprint density at radius 3 is 2.57 bits per heavy atom. The van der Waals surface area contributed by atoms with Crippen molar-refractivity contribution in [2.75, 3.05) is 0 Å². The molecule has 1 atom stereocenters. The molecule has 0 aromatic rings. The molecule has 0 radical (unpaired) electrons. The van der Waals surface area contributed by atoms with Gasteiger partial charge in [0.15, 0.2) is 6.10 Å². The maximum Gasteiger partial charge on any atom is 0.157 e. The normalized spacial score (nSPS) is 30.7. The Morgan fingerprint density at radius 2 is 2.29 bits per heavy atom. The third-order valence-electron chi connectivity index (χ3n) is 1.27. The maximum absolute atomic E-state index is 7.22. The van der Waals surface area contributed by atoms with Crippen molar-refractivity contribution < 1.29 is 5.11 Å². The fourth-order valence-electron chi connectivity index (χ4n) is 0.794. The third-order valence-corrected chi connectivity index (χ3v) is 1.27. The fraction of sp³-hybridized carbons (Fsp3) is 0.667. The molecule has 1 aliphatic rings. The Hall–Kier alpha value is -0.300. The molecule has 0 aliphatic heterocycles. The van der Waals surface area contributed by atoms with Crippen molar-refractivity contribution >= 4 is 0 Å². The van der Waals surface area contributed by atoms with Crippen LogP contribution >= 0.6 is 0 Å². The minimum Gasteiger partial charge on any atom is -0.443 e. The molecular weight excluding hydrogens is 88.1 g/mol. The molecule has 0 saturated heterocycles. The van der Waals surface area contributed by atoms with E-state index in [4.69, 9.17) is 5.11 Å². The largest absolute Gasteiger partial charge is 0.443 e. The van der Waals surface area contributed by atoms with Crippen molar-refractivity contribution in [3.63, 3.8) is 0 Å². The number of hydrogen-bond acceptors (Lipinski definition) is 0. The van der Waals surface area contributed by atoms with Gasteiger partial charge in [-0.15, -0.1) is 0 Å². The van der Waals surface area contributed by atoms with Gasteiger partial charge in [0.1, 0.15) is 0 Å². The molecule has 0 heterocycles. The summed E-state index contributed by atoms with van der Waals surface area (Å²) >= 11 is 0. The van der Waals surface area contributed by atoms with Crippen molar-refractivity contribution in [3.05, 3.63) is 12.2 Å². The summed E-state index contributed by atoms with van der Waals surface area (Å²) in [6, 6.07) is 0. The van der Waals surface area contributed by atoms with E-state index in [0.29, 0.717) is 0 Å². The van der Waals surface area contributed by atoms with Gasteiger partial charge in [-0.1, -0.05) is 12.2 Å². The monoisotopic (exact) mass is 99.1 g/mol. The number of hydrogen-bond donors (Lipinski definition) is 0. The van der Waals surface area contributed by atoms with Crippen LogP contribution in [0, 0.1) is 0 Å². The van der Waals surface area contributed by atoms with Crippen molar-refractivity contribution in [2.45, 2.75) is 25.4 Å². The van der Waals surface area contributed by atoms with E-state index < -0.39 is 0 Å². The van der Waals surface area contributed by atoms with Gasteiger partial charge in [0.25, 0.3) is 0 Å². The lowest BCUT2D eigenvalue weighted by Crippen LogP contribution is -2.06. The first-order chi connectivity index (χ1) is 3.39. The zero-order chi connectivity index (χ0) is 5.11. The zero-order valence-corrected chi connectivity index (χ0v) is 4.35. The van der Waals surface area contributed by atoms with E-state index in [2.05, 4.69) is 12.2 Å². The Morgan fingerprint density at radius 1 is 1.43 bits per heavy atom. The second-order valence-electron chi connectivity index (χ2n) is 1.98. The average molecular weight is 99.2 g/mol.